The van der Waals surface area contributed by atoms with Gasteiger partial charge in [-0.05, 0) is 50.6 Å². The number of aromatic nitrogens is 1. The molecule has 8 heteroatoms. The number of carbonyl (C=O) groups is 2. The molecule has 0 saturated heterocycles. The normalized spacial score (nSPS) is 11.8. The number of hydrogen-bond donors (Lipinski definition) is 1. The molecule has 0 bridgehead atoms. The van der Waals surface area contributed by atoms with Gasteiger partial charge in [-0.25, -0.2) is 4.79 Å². The lowest BCUT2D eigenvalue weighted by molar-refractivity contribution is -0.137. The highest BCUT2D eigenvalue weighted by molar-refractivity contribution is 6.05. The number of pyridine rings is 1. The van der Waals surface area contributed by atoms with E-state index in [0.29, 0.717) is 11.6 Å². The Kier molecular flexibility index (Phi) is 5.88. The Labute approximate surface area is 154 Å². The fourth-order valence-corrected chi connectivity index (χ4v) is 2.20. The molecule has 0 radical (unpaired) electrons. The quantitative estimate of drug-likeness (QED) is 0.815. The minimum atomic E-state index is -4.65. The summed E-state index contributed by atoms with van der Waals surface area (Å²) in [6.45, 7) is 4.92. The summed E-state index contributed by atoms with van der Waals surface area (Å²) < 4.78 is 44.3. The summed E-state index contributed by atoms with van der Waals surface area (Å²) in [5, 5.41) is 2.50. The van der Waals surface area contributed by atoms with Crippen LogP contribution in [-0.4, -0.2) is 22.5 Å². The molecule has 5 nitrogen and oxygen atoms in total. The van der Waals surface area contributed by atoms with Gasteiger partial charge in [-0.1, -0.05) is 6.07 Å². The van der Waals surface area contributed by atoms with Crippen molar-refractivity contribution in [3.05, 3.63) is 65.0 Å². The molecule has 0 spiro atoms. The molecular weight excluding hydrogens is 361 g/mol. The number of rotatable bonds is 4. The molecule has 0 aliphatic heterocycles. The lowest BCUT2D eigenvalue weighted by Crippen LogP contribution is -2.29. The number of carbonyl (C=O) groups excluding carboxylic acids is 2. The number of amides is 1. The Morgan fingerprint density at radius 3 is 2.37 bits per heavy atom. The summed E-state index contributed by atoms with van der Waals surface area (Å²) in [6.07, 6.45) is -1.58. The van der Waals surface area contributed by atoms with Crippen LogP contribution in [0.1, 0.15) is 52.6 Å². The van der Waals surface area contributed by atoms with E-state index in [4.69, 9.17) is 4.74 Å². The maximum Gasteiger partial charge on any atom is 0.416 e. The molecule has 1 amide bonds. The number of halogens is 3. The molecule has 0 aliphatic rings. The molecule has 27 heavy (non-hydrogen) atoms. The van der Waals surface area contributed by atoms with E-state index in [1.807, 2.05) is 0 Å². The number of benzene rings is 1. The van der Waals surface area contributed by atoms with Crippen LogP contribution in [-0.2, 0) is 17.5 Å². The summed E-state index contributed by atoms with van der Waals surface area (Å²) in [7, 11) is 0. The number of hydrogen-bond acceptors (Lipinski definition) is 4. The number of esters is 1. The van der Waals surface area contributed by atoms with Gasteiger partial charge in [-0.3, -0.25) is 9.78 Å². The van der Waals surface area contributed by atoms with E-state index in [9.17, 15) is 22.8 Å². The highest BCUT2D eigenvalue weighted by Gasteiger charge is 2.33. The van der Waals surface area contributed by atoms with Crippen LogP contribution in [0, 0.1) is 0 Å². The van der Waals surface area contributed by atoms with Crippen molar-refractivity contribution >= 4 is 11.9 Å². The van der Waals surface area contributed by atoms with Crippen molar-refractivity contribution in [2.24, 2.45) is 0 Å². The zero-order valence-corrected chi connectivity index (χ0v) is 15.1. The van der Waals surface area contributed by atoms with Crippen LogP contribution < -0.4 is 5.32 Å². The zero-order chi connectivity index (χ0) is 20.2. The van der Waals surface area contributed by atoms with Gasteiger partial charge in [-0.2, -0.15) is 13.2 Å². The monoisotopic (exact) mass is 380 g/mol. The first-order chi connectivity index (χ1) is 12.5. The van der Waals surface area contributed by atoms with E-state index in [0.717, 1.165) is 12.1 Å². The molecule has 1 N–H and O–H groups in total. The lowest BCUT2D eigenvalue weighted by atomic mass is 10.0. The molecule has 0 saturated carbocycles. The van der Waals surface area contributed by atoms with E-state index in [1.165, 1.54) is 6.20 Å². The zero-order valence-electron chi connectivity index (χ0n) is 15.1. The Morgan fingerprint density at radius 2 is 1.81 bits per heavy atom. The highest BCUT2D eigenvalue weighted by Crippen LogP contribution is 2.31. The third-order valence-electron chi connectivity index (χ3n) is 3.39. The van der Waals surface area contributed by atoms with Crippen molar-refractivity contribution in [3.8, 4) is 0 Å². The summed E-state index contributed by atoms with van der Waals surface area (Å²) in [5.74, 6) is -1.69. The van der Waals surface area contributed by atoms with Gasteiger partial charge >= 0.3 is 12.1 Å². The minimum Gasteiger partial charge on any atom is -0.456 e. The van der Waals surface area contributed by atoms with Crippen molar-refractivity contribution in [2.45, 2.75) is 39.1 Å². The molecule has 0 fully saturated rings. The molecule has 0 atom stereocenters. The molecule has 1 heterocycles. The van der Waals surface area contributed by atoms with Gasteiger partial charge < -0.3 is 10.1 Å². The number of nitrogens with one attached hydrogen (secondary N) is 1. The van der Waals surface area contributed by atoms with Crippen LogP contribution in [0.4, 0.5) is 13.2 Å². The van der Waals surface area contributed by atoms with E-state index in [2.05, 4.69) is 10.3 Å². The molecule has 1 aromatic carbocycles. The lowest BCUT2D eigenvalue weighted by Gasteiger charge is -2.21. The van der Waals surface area contributed by atoms with Crippen molar-refractivity contribution < 1.29 is 27.5 Å². The Morgan fingerprint density at radius 1 is 1.11 bits per heavy atom. The Balaban J connectivity index is 2.34. The van der Waals surface area contributed by atoms with Crippen LogP contribution in [0.2, 0.25) is 0 Å². The maximum atomic E-state index is 13.0. The van der Waals surface area contributed by atoms with Crippen LogP contribution in [0.15, 0.2) is 42.7 Å². The average Bonchev–Trinajstić information content (AvgIpc) is 2.57. The van der Waals surface area contributed by atoms with Gasteiger partial charge in [0.25, 0.3) is 5.91 Å². The molecule has 1 aromatic heterocycles. The van der Waals surface area contributed by atoms with Gasteiger partial charge in [0.05, 0.1) is 16.7 Å². The van der Waals surface area contributed by atoms with Crippen molar-refractivity contribution in [3.63, 3.8) is 0 Å². The minimum absolute atomic E-state index is 0.0523. The fraction of sp³-hybridized carbons (Fsp3) is 0.316. The summed E-state index contributed by atoms with van der Waals surface area (Å²) >= 11 is 0. The van der Waals surface area contributed by atoms with Gasteiger partial charge in [0.2, 0.25) is 0 Å². The number of nitrogens with zero attached hydrogens (tertiary/aromatic N) is 1. The number of ether oxygens (including phenoxy) is 1. The SMILES string of the molecule is CC(C)(C)OC(=O)c1ccc(C(F)(F)F)cc1C(=O)NCc1cccnc1. The third-order valence-corrected chi connectivity index (χ3v) is 3.39. The number of alkyl halides is 3. The van der Waals surface area contributed by atoms with E-state index < -0.39 is 34.8 Å². The van der Waals surface area contributed by atoms with Gasteiger partial charge in [0.15, 0.2) is 0 Å². The largest absolute Gasteiger partial charge is 0.456 e. The second kappa shape index (κ2) is 7.77. The molecule has 2 rings (SSSR count). The fourth-order valence-electron chi connectivity index (χ4n) is 2.20. The van der Waals surface area contributed by atoms with Crippen LogP contribution in [0.5, 0.6) is 0 Å². The molecule has 0 unspecified atom stereocenters. The maximum absolute atomic E-state index is 13.0. The second-order valence-electron chi connectivity index (χ2n) is 6.80. The average molecular weight is 380 g/mol. The third kappa shape index (κ3) is 5.80. The van der Waals surface area contributed by atoms with Crippen LogP contribution in [0.25, 0.3) is 0 Å². The van der Waals surface area contributed by atoms with E-state index in [-0.39, 0.29) is 12.1 Å². The standard InChI is InChI=1S/C19H19F3N2O3/c1-18(2,3)27-17(26)14-7-6-13(19(20,21)22)9-15(14)16(25)24-11-12-5-4-8-23-10-12/h4-10H,11H2,1-3H3,(H,24,25). The van der Waals surface area contributed by atoms with Gasteiger partial charge in [0.1, 0.15) is 5.60 Å². The topological polar surface area (TPSA) is 68.3 Å². The Bertz CT molecular complexity index is 828. The van der Waals surface area contributed by atoms with E-state index in [1.54, 1.807) is 39.1 Å². The van der Waals surface area contributed by atoms with E-state index >= 15 is 0 Å². The first kappa shape index (κ1) is 20.4. The molecule has 144 valence electrons. The van der Waals surface area contributed by atoms with Crippen LogP contribution >= 0.6 is 0 Å². The Hall–Kier alpha value is -2.90. The molecule has 0 aliphatic carbocycles. The summed E-state index contributed by atoms with van der Waals surface area (Å²) in [5.41, 5.74) is -1.86. The smallest absolute Gasteiger partial charge is 0.416 e. The predicted octanol–water partition coefficient (Wildman–Crippen LogP) is 3.99. The summed E-state index contributed by atoms with van der Waals surface area (Å²) in [4.78, 5) is 28.7. The first-order valence-corrected chi connectivity index (χ1v) is 8.09. The van der Waals surface area contributed by atoms with Crippen molar-refractivity contribution in [1.29, 1.82) is 0 Å². The molecule has 2 aromatic rings. The second-order valence-corrected chi connectivity index (χ2v) is 6.80. The predicted molar refractivity (Wildman–Crippen MR) is 92.0 cm³/mol. The van der Waals surface area contributed by atoms with Crippen LogP contribution in [0.3, 0.4) is 0 Å². The molecular formula is C19H19F3N2O3. The van der Waals surface area contributed by atoms with Crippen molar-refractivity contribution in [1.82, 2.24) is 10.3 Å². The summed E-state index contributed by atoms with van der Waals surface area (Å²) in [6, 6.07) is 5.72. The highest BCUT2D eigenvalue weighted by atomic mass is 19.4. The van der Waals surface area contributed by atoms with Gasteiger partial charge in [-0.15, -0.1) is 0 Å². The van der Waals surface area contributed by atoms with Gasteiger partial charge in [0, 0.05) is 18.9 Å². The first-order valence-electron chi connectivity index (χ1n) is 8.09. The van der Waals surface area contributed by atoms with Crippen molar-refractivity contribution in [2.75, 3.05) is 0 Å².